The smallest absolute Gasteiger partial charge is 0.240 e. The van der Waals surface area contributed by atoms with Gasteiger partial charge in [0.15, 0.2) is 0 Å². The molecule has 1 aromatic carbocycles. The van der Waals surface area contributed by atoms with E-state index in [1.807, 2.05) is 6.92 Å². The number of hydrogen-bond donors (Lipinski definition) is 3. The molecule has 0 aromatic heterocycles. The summed E-state index contributed by atoms with van der Waals surface area (Å²) in [6, 6.07) is 6.99. The van der Waals surface area contributed by atoms with E-state index in [2.05, 4.69) is 15.4 Å². The van der Waals surface area contributed by atoms with Gasteiger partial charge in [-0.2, -0.15) is 0 Å². The van der Waals surface area contributed by atoms with Gasteiger partial charge < -0.3 is 15.4 Å². The summed E-state index contributed by atoms with van der Waals surface area (Å²) in [6.07, 6.45) is 0.894. The highest BCUT2D eigenvalue weighted by atomic mass is 32.2. The highest BCUT2D eigenvalue weighted by Crippen LogP contribution is 2.17. The molecule has 1 aliphatic rings. The number of benzene rings is 1. The predicted octanol–water partition coefficient (Wildman–Crippen LogP) is 0.774. The summed E-state index contributed by atoms with van der Waals surface area (Å²) in [5.74, 6) is 0. The third-order valence-electron chi connectivity index (χ3n) is 3.52. The normalized spacial score (nSPS) is 22.4. The first kappa shape index (κ1) is 16.2. The van der Waals surface area contributed by atoms with Crippen LogP contribution in [0.2, 0.25) is 0 Å². The molecule has 0 radical (unpaired) electrons. The number of methoxy groups -OCH3 is 1. The van der Waals surface area contributed by atoms with Gasteiger partial charge in [-0.15, -0.1) is 0 Å². The first-order chi connectivity index (χ1) is 10.1. The minimum Gasteiger partial charge on any atom is -0.378 e. The molecule has 0 aliphatic carbocycles. The van der Waals surface area contributed by atoms with E-state index >= 15 is 0 Å². The van der Waals surface area contributed by atoms with Gasteiger partial charge in [0.2, 0.25) is 10.0 Å². The largest absolute Gasteiger partial charge is 0.378 e. The van der Waals surface area contributed by atoms with Crippen LogP contribution in [0.1, 0.15) is 13.3 Å². The third-order valence-corrected chi connectivity index (χ3v) is 5.00. The molecule has 118 valence electrons. The second-order valence-corrected chi connectivity index (χ2v) is 6.87. The quantitative estimate of drug-likeness (QED) is 0.693. The van der Waals surface area contributed by atoms with Gasteiger partial charge in [-0.3, -0.25) is 0 Å². The Balaban J connectivity index is 2.02. The number of ether oxygens (including phenoxy) is 1. The minimum absolute atomic E-state index is 0.125. The summed E-state index contributed by atoms with van der Waals surface area (Å²) in [4.78, 5) is 0.286. The van der Waals surface area contributed by atoms with Crippen LogP contribution in [0.25, 0.3) is 0 Å². The summed E-state index contributed by atoms with van der Waals surface area (Å²) in [5.41, 5.74) is 0.889. The standard InChI is InChI=1S/C14H23N3O3S/c1-3-8-16-21(18,19)12-6-4-11(5-7-12)17-13-9-15-10-14(13)20-2/h4-7,13-17H,3,8-10H2,1-2H3/t13?,14-/m0/s1. The van der Waals surface area contributed by atoms with Crippen molar-refractivity contribution in [1.82, 2.24) is 10.0 Å². The van der Waals surface area contributed by atoms with Crippen LogP contribution in [-0.4, -0.2) is 47.3 Å². The number of nitrogens with one attached hydrogen (secondary N) is 3. The fourth-order valence-electron chi connectivity index (χ4n) is 2.31. The highest BCUT2D eigenvalue weighted by Gasteiger charge is 2.26. The molecule has 1 saturated heterocycles. The van der Waals surface area contributed by atoms with Crippen molar-refractivity contribution in [2.45, 2.75) is 30.4 Å². The van der Waals surface area contributed by atoms with Gasteiger partial charge in [0, 0.05) is 32.4 Å². The Labute approximate surface area is 126 Å². The van der Waals surface area contributed by atoms with E-state index < -0.39 is 10.0 Å². The number of anilines is 1. The summed E-state index contributed by atoms with van der Waals surface area (Å²) in [6.45, 7) is 4.03. The van der Waals surface area contributed by atoms with E-state index in [9.17, 15) is 8.42 Å². The molecule has 2 rings (SSSR count). The van der Waals surface area contributed by atoms with Crippen LogP contribution in [0.4, 0.5) is 5.69 Å². The van der Waals surface area contributed by atoms with Crippen molar-refractivity contribution in [1.29, 1.82) is 0 Å². The van der Waals surface area contributed by atoms with E-state index in [1.165, 1.54) is 0 Å². The molecule has 0 saturated carbocycles. The Kier molecular flexibility index (Phi) is 5.58. The molecule has 7 heteroatoms. The van der Waals surface area contributed by atoms with Gasteiger partial charge in [-0.05, 0) is 30.7 Å². The predicted molar refractivity (Wildman–Crippen MR) is 83.0 cm³/mol. The molecule has 1 unspecified atom stereocenters. The SMILES string of the molecule is CCCNS(=O)(=O)c1ccc(NC2CNC[C@@H]2OC)cc1. The van der Waals surface area contributed by atoms with E-state index in [4.69, 9.17) is 4.74 Å². The van der Waals surface area contributed by atoms with Crippen molar-refractivity contribution in [3.05, 3.63) is 24.3 Å². The molecule has 0 bridgehead atoms. The van der Waals surface area contributed by atoms with E-state index in [0.717, 1.165) is 25.2 Å². The maximum Gasteiger partial charge on any atom is 0.240 e. The molecule has 21 heavy (non-hydrogen) atoms. The zero-order valence-corrected chi connectivity index (χ0v) is 13.2. The van der Waals surface area contributed by atoms with Gasteiger partial charge in [0.1, 0.15) is 0 Å². The lowest BCUT2D eigenvalue weighted by Crippen LogP contribution is -2.33. The van der Waals surface area contributed by atoms with Gasteiger partial charge in [0.25, 0.3) is 0 Å². The van der Waals surface area contributed by atoms with Crippen LogP contribution < -0.4 is 15.4 Å². The van der Waals surface area contributed by atoms with Gasteiger partial charge in [-0.25, -0.2) is 13.1 Å². The average molecular weight is 313 g/mol. The Bertz CT molecular complexity index is 545. The van der Waals surface area contributed by atoms with Gasteiger partial charge >= 0.3 is 0 Å². The zero-order chi connectivity index (χ0) is 15.3. The molecule has 0 amide bonds. The monoisotopic (exact) mass is 313 g/mol. The van der Waals surface area contributed by atoms with Crippen LogP contribution >= 0.6 is 0 Å². The first-order valence-corrected chi connectivity index (χ1v) is 8.65. The second-order valence-electron chi connectivity index (χ2n) is 5.11. The van der Waals surface area contributed by atoms with Crippen molar-refractivity contribution >= 4 is 15.7 Å². The lowest BCUT2D eigenvalue weighted by Gasteiger charge is -2.19. The lowest BCUT2D eigenvalue weighted by molar-refractivity contribution is 0.111. The molecule has 1 heterocycles. The van der Waals surface area contributed by atoms with Crippen molar-refractivity contribution in [3.8, 4) is 0 Å². The maximum absolute atomic E-state index is 12.0. The molecule has 1 fully saturated rings. The Morgan fingerprint density at radius 2 is 2.00 bits per heavy atom. The van der Waals surface area contributed by atoms with Crippen LogP contribution in [-0.2, 0) is 14.8 Å². The minimum atomic E-state index is -3.40. The first-order valence-electron chi connectivity index (χ1n) is 7.16. The van der Waals surface area contributed by atoms with E-state index in [-0.39, 0.29) is 17.0 Å². The Hall–Kier alpha value is -1.15. The zero-order valence-electron chi connectivity index (χ0n) is 12.4. The Morgan fingerprint density at radius 1 is 1.29 bits per heavy atom. The summed E-state index contributed by atoms with van der Waals surface area (Å²) in [5, 5.41) is 6.62. The lowest BCUT2D eigenvalue weighted by atomic mass is 10.2. The molecular formula is C14H23N3O3S. The fourth-order valence-corrected chi connectivity index (χ4v) is 3.44. The number of rotatable bonds is 7. The summed E-state index contributed by atoms with van der Waals surface area (Å²) < 4.78 is 31.9. The molecular weight excluding hydrogens is 290 g/mol. The molecule has 3 N–H and O–H groups in total. The number of sulfonamides is 1. The van der Waals surface area contributed by atoms with Gasteiger partial charge in [0.05, 0.1) is 17.0 Å². The van der Waals surface area contributed by atoms with Gasteiger partial charge in [-0.1, -0.05) is 6.92 Å². The van der Waals surface area contributed by atoms with Crippen LogP contribution in [0.3, 0.4) is 0 Å². The van der Waals surface area contributed by atoms with Crippen molar-refractivity contribution in [3.63, 3.8) is 0 Å². The molecule has 2 atom stereocenters. The topological polar surface area (TPSA) is 79.5 Å². The summed E-state index contributed by atoms with van der Waals surface area (Å²) >= 11 is 0. The van der Waals surface area contributed by atoms with Crippen LogP contribution in [0, 0.1) is 0 Å². The van der Waals surface area contributed by atoms with Crippen molar-refractivity contribution in [2.24, 2.45) is 0 Å². The molecule has 6 nitrogen and oxygen atoms in total. The fraction of sp³-hybridized carbons (Fsp3) is 0.571. The van der Waals surface area contributed by atoms with E-state index in [0.29, 0.717) is 6.54 Å². The Morgan fingerprint density at radius 3 is 2.62 bits per heavy atom. The van der Waals surface area contributed by atoms with Crippen molar-refractivity contribution in [2.75, 3.05) is 32.1 Å². The highest BCUT2D eigenvalue weighted by molar-refractivity contribution is 7.89. The average Bonchev–Trinajstić information content (AvgIpc) is 2.93. The van der Waals surface area contributed by atoms with E-state index in [1.54, 1.807) is 31.4 Å². The molecule has 0 spiro atoms. The van der Waals surface area contributed by atoms with Crippen LogP contribution in [0.5, 0.6) is 0 Å². The second kappa shape index (κ2) is 7.22. The maximum atomic E-state index is 12.0. The molecule has 1 aliphatic heterocycles. The van der Waals surface area contributed by atoms with Crippen LogP contribution in [0.15, 0.2) is 29.2 Å². The summed E-state index contributed by atoms with van der Waals surface area (Å²) in [7, 11) is -1.70. The van der Waals surface area contributed by atoms with Crippen molar-refractivity contribution < 1.29 is 13.2 Å². The third kappa shape index (κ3) is 4.16. The number of hydrogen-bond acceptors (Lipinski definition) is 5. The molecule has 1 aromatic rings.